The summed E-state index contributed by atoms with van der Waals surface area (Å²) in [4.78, 5) is 0. The number of aromatic nitrogens is 2. The van der Waals surface area contributed by atoms with Crippen molar-refractivity contribution in [1.29, 1.82) is 0 Å². The Morgan fingerprint density at radius 3 is 2.50 bits per heavy atom. The summed E-state index contributed by atoms with van der Waals surface area (Å²) in [6, 6.07) is 0. The fraction of sp³-hybridized carbons (Fsp3) is 0.727. The number of hydrogen-bond acceptors (Lipinski definition) is 2. The lowest BCUT2D eigenvalue weighted by Gasteiger charge is -2.03. The van der Waals surface area contributed by atoms with Crippen LogP contribution in [-0.2, 0) is 13.5 Å². The van der Waals surface area contributed by atoms with Crippen LogP contribution in [0, 0.1) is 6.92 Å². The van der Waals surface area contributed by atoms with Crippen LogP contribution in [0.3, 0.4) is 0 Å². The summed E-state index contributed by atoms with van der Waals surface area (Å²) in [7, 11) is 4.01. The molecule has 0 aliphatic heterocycles. The zero-order valence-corrected chi connectivity index (χ0v) is 9.89. The minimum absolute atomic E-state index is 0.518. The number of likely N-dealkylation sites (N-methyl/N-ethyl adjacent to an activating group) is 1. The molecule has 0 bridgehead atoms. The Kier molecular flexibility index (Phi) is 3.69. The van der Waals surface area contributed by atoms with E-state index >= 15 is 0 Å². The summed E-state index contributed by atoms with van der Waals surface area (Å²) in [6.07, 6.45) is 1.05. The Bertz CT molecular complexity index is 300. The predicted molar refractivity (Wildman–Crippen MR) is 59.7 cm³/mol. The third kappa shape index (κ3) is 2.15. The zero-order chi connectivity index (χ0) is 10.7. The van der Waals surface area contributed by atoms with E-state index in [0.717, 1.165) is 13.0 Å². The largest absolute Gasteiger partial charge is 0.319 e. The molecule has 0 aromatic carbocycles. The molecule has 1 aromatic rings. The van der Waals surface area contributed by atoms with E-state index in [1.807, 2.05) is 18.8 Å². The van der Waals surface area contributed by atoms with Gasteiger partial charge in [-0.25, -0.2) is 0 Å². The molecule has 0 radical (unpaired) electrons. The van der Waals surface area contributed by atoms with Crippen LogP contribution >= 0.6 is 0 Å². The summed E-state index contributed by atoms with van der Waals surface area (Å²) in [5.74, 6) is 0.518. The molecule has 1 heterocycles. The van der Waals surface area contributed by atoms with E-state index in [1.54, 1.807) is 0 Å². The molecule has 1 rings (SSSR count). The molecule has 0 atom stereocenters. The molecule has 0 unspecified atom stereocenters. The molecule has 80 valence electrons. The van der Waals surface area contributed by atoms with Gasteiger partial charge in [-0.15, -0.1) is 0 Å². The van der Waals surface area contributed by atoms with Crippen LogP contribution in [0.4, 0.5) is 0 Å². The van der Waals surface area contributed by atoms with Crippen LogP contribution in [0.1, 0.15) is 36.7 Å². The second-order valence-electron chi connectivity index (χ2n) is 4.09. The van der Waals surface area contributed by atoms with Gasteiger partial charge in [0.05, 0.1) is 5.69 Å². The maximum Gasteiger partial charge on any atom is 0.0681 e. The molecular formula is C11H21N3. The van der Waals surface area contributed by atoms with Gasteiger partial charge in [0.1, 0.15) is 0 Å². The number of nitrogens with zero attached hydrogens (tertiary/aromatic N) is 2. The molecule has 0 saturated carbocycles. The fourth-order valence-corrected chi connectivity index (χ4v) is 1.83. The molecule has 3 heteroatoms. The Balaban J connectivity index is 2.93. The van der Waals surface area contributed by atoms with Gasteiger partial charge in [0.25, 0.3) is 0 Å². The quantitative estimate of drug-likeness (QED) is 0.791. The molecule has 3 nitrogen and oxygen atoms in total. The second-order valence-corrected chi connectivity index (χ2v) is 4.09. The van der Waals surface area contributed by atoms with Crippen LogP contribution in [-0.4, -0.2) is 23.4 Å². The minimum Gasteiger partial charge on any atom is -0.319 e. The monoisotopic (exact) mass is 195 g/mol. The zero-order valence-electron chi connectivity index (χ0n) is 9.89. The SMILES string of the molecule is CNCCc1c(C)c(C(C)C)nn1C. The average Bonchev–Trinajstić information content (AvgIpc) is 2.40. The van der Waals surface area contributed by atoms with E-state index < -0.39 is 0 Å². The molecule has 0 saturated heterocycles. The van der Waals surface area contributed by atoms with Crippen molar-refractivity contribution in [3.05, 3.63) is 17.0 Å². The maximum atomic E-state index is 4.55. The Labute approximate surface area is 86.5 Å². The fourth-order valence-electron chi connectivity index (χ4n) is 1.83. The molecule has 0 amide bonds. The highest BCUT2D eigenvalue weighted by Gasteiger charge is 2.13. The summed E-state index contributed by atoms with van der Waals surface area (Å²) in [5.41, 5.74) is 3.94. The lowest BCUT2D eigenvalue weighted by molar-refractivity contribution is 0.663. The van der Waals surface area contributed by atoms with E-state index in [4.69, 9.17) is 0 Å². The number of nitrogens with one attached hydrogen (secondary N) is 1. The van der Waals surface area contributed by atoms with Gasteiger partial charge in [-0.05, 0) is 25.5 Å². The van der Waals surface area contributed by atoms with Gasteiger partial charge in [-0.1, -0.05) is 13.8 Å². The summed E-state index contributed by atoms with van der Waals surface area (Å²) >= 11 is 0. The average molecular weight is 195 g/mol. The molecule has 0 spiro atoms. The first kappa shape index (κ1) is 11.2. The van der Waals surface area contributed by atoms with E-state index in [2.05, 4.69) is 31.2 Å². The molecule has 14 heavy (non-hydrogen) atoms. The van der Waals surface area contributed by atoms with Crippen molar-refractivity contribution in [3.63, 3.8) is 0 Å². The summed E-state index contributed by atoms with van der Waals surface area (Å²) in [6.45, 7) is 7.57. The van der Waals surface area contributed by atoms with Gasteiger partial charge < -0.3 is 5.32 Å². The first-order chi connectivity index (χ1) is 6.57. The van der Waals surface area contributed by atoms with E-state index in [1.165, 1.54) is 17.0 Å². The lowest BCUT2D eigenvalue weighted by atomic mass is 10.0. The van der Waals surface area contributed by atoms with Gasteiger partial charge in [-0.2, -0.15) is 5.10 Å². The van der Waals surface area contributed by atoms with Crippen molar-refractivity contribution >= 4 is 0 Å². The Morgan fingerprint density at radius 2 is 2.07 bits per heavy atom. The smallest absolute Gasteiger partial charge is 0.0681 e. The van der Waals surface area contributed by atoms with Crippen LogP contribution in [0.25, 0.3) is 0 Å². The first-order valence-electron chi connectivity index (χ1n) is 5.24. The van der Waals surface area contributed by atoms with Crippen molar-refractivity contribution in [2.45, 2.75) is 33.1 Å². The molecule has 0 fully saturated rings. The van der Waals surface area contributed by atoms with Crippen molar-refractivity contribution < 1.29 is 0 Å². The van der Waals surface area contributed by atoms with Gasteiger partial charge >= 0.3 is 0 Å². The molecule has 1 N–H and O–H groups in total. The Hall–Kier alpha value is -0.830. The standard InChI is InChI=1S/C11H21N3/c1-8(2)11-9(3)10(6-7-12-4)14(5)13-11/h8,12H,6-7H2,1-5H3. The van der Waals surface area contributed by atoms with Crippen LogP contribution in [0.15, 0.2) is 0 Å². The Morgan fingerprint density at radius 1 is 1.43 bits per heavy atom. The van der Waals surface area contributed by atoms with Gasteiger partial charge in [-0.3, -0.25) is 4.68 Å². The maximum absolute atomic E-state index is 4.55. The highest BCUT2D eigenvalue weighted by Crippen LogP contribution is 2.20. The van der Waals surface area contributed by atoms with E-state index in [-0.39, 0.29) is 0 Å². The molecule has 1 aromatic heterocycles. The van der Waals surface area contributed by atoms with E-state index in [9.17, 15) is 0 Å². The molecular weight excluding hydrogens is 174 g/mol. The normalized spacial score (nSPS) is 11.3. The predicted octanol–water partition coefficient (Wildman–Crippen LogP) is 1.61. The van der Waals surface area contributed by atoms with Gasteiger partial charge in [0.15, 0.2) is 0 Å². The molecule has 0 aliphatic carbocycles. The van der Waals surface area contributed by atoms with Crippen LogP contribution in [0.2, 0.25) is 0 Å². The van der Waals surface area contributed by atoms with Crippen molar-refractivity contribution in [2.75, 3.05) is 13.6 Å². The number of hydrogen-bond donors (Lipinski definition) is 1. The van der Waals surface area contributed by atoms with Crippen molar-refractivity contribution in [3.8, 4) is 0 Å². The lowest BCUT2D eigenvalue weighted by Crippen LogP contribution is -2.13. The highest BCUT2D eigenvalue weighted by atomic mass is 15.3. The van der Waals surface area contributed by atoms with Gasteiger partial charge in [0.2, 0.25) is 0 Å². The van der Waals surface area contributed by atoms with Crippen LogP contribution < -0.4 is 5.32 Å². The van der Waals surface area contributed by atoms with Gasteiger partial charge in [0, 0.05) is 25.7 Å². The number of rotatable bonds is 4. The van der Waals surface area contributed by atoms with Crippen molar-refractivity contribution in [2.24, 2.45) is 7.05 Å². The first-order valence-corrected chi connectivity index (χ1v) is 5.24. The third-order valence-corrected chi connectivity index (χ3v) is 2.62. The third-order valence-electron chi connectivity index (χ3n) is 2.62. The second kappa shape index (κ2) is 4.60. The van der Waals surface area contributed by atoms with E-state index in [0.29, 0.717) is 5.92 Å². The summed E-state index contributed by atoms with van der Waals surface area (Å²) < 4.78 is 2.02. The summed E-state index contributed by atoms with van der Waals surface area (Å²) in [5, 5.41) is 7.72. The van der Waals surface area contributed by atoms with Crippen LogP contribution in [0.5, 0.6) is 0 Å². The highest BCUT2D eigenvalue weighted by molar-refractivity contribution is 5.27. The van der Waals surface area contributed by atoms with Crippen molar-refractivity contribution in [1.82, 2.24) is 15.1 Å². The molecule has 0 aliphatic rings. The minimum atomic E-state index is 0.518. The topological polar surface area (TPSA) is 29.9 Å². The number of aryl methyl sites for hydroxylation is 1.